The van der Waals surface area contributed by atoms with E-state index in [-0.39, 0.29) is 12.6 Å². The Balaban J connectivity index is 2.89. The van der Waals surface area contributed by atoms with Crippen molar-refractivity contribution in [3.05, 3.63) is 40.3 Å². The minimum Gasteiger partial charge on any atom is -0.396 e. The van der Waals surface area contributed by atoms with Gasteiger partial charge >= 0.3 is 0 Å². The molecule has 5 heteroatoms. The van der Waals surface area contributed by atoms with E-state index in [2.05, 4.69) is 10.0 Å². The first-order valence-electron chi connectivity index (χ1n) is 5.11. The molecule has 0 aliphatic rings. The lowest BCUT2D eigenvalue weighted by molar-refractivity contribution is 0.276. The SMILES string of the molecule is CN(C)c1ccc(C(CCO)N=[N+]=[N-])cc1. The van der Waals surface area contributed by atoms with Crippen molar-refractivity contribution >= 4 is 5.69 Å². The van der Waals surface area contributed by atoms with Gasteiger partial charge in [0.2, 0.25) is 0 Å². The highest BCUT2D eigenvalue weighted by molar-refractivity contribution is 5.46. The zero-order valence-electron chi connectivity index (χ0n) is 9.54. The van der Waals surface area contributed by atoms with E-state index in [0.717, 1.165) is 11.3 Å². The molecule has 1 aromatic rings. The van der Waals surface area contributed by atoms with Crippen molar-refractivity contribution in [2.45, 2.75) is 12.5 Å². The predicted octanol–water partition coefficient (Wildman–Crippen LogP) is 2.49. The summed E-state index contributed by atoms with van der Waals surface area (Å²) in [7, 11) is 3.93. The molecule has 16 heavy (non-hydrogen) atoms. The second-order valence-corrected chi connectivity index (χ2v) is 3.72. The molecule has 0 saturated carbocycles. The molecule has 0 heterocycles. The fourth-order valence-electron chi connectivity index (χ4n) is 1.47. The van der Waals surface area contributed by atoms with Crippen LogP contribution in [0.5, 0.6) is 0 Å². The molecule has 0 radical (unpaired) electrons. The van der Waals surface area contributed by atoms with Crippen LogP contribution in [0.15, 0.2) is 29.4 Å². The van der Waals surface area contributed by atoms with Gasteiger partial charge in [-0.3, -0.25) is 0 Å². The highest BCUT2D eigenvalue weighted by Gasteiger charge is 2.08. The van der Waals surface area contributed by atoms with Crippen LogP contribution in [0.1, 0.15) is 18.0 Å². The van der Waals surface area contributed by atoms with Gasteiger partial charge in [0.25, 0.3) is 0 Å². The third-order valence-electron chi connectivity index (χ3n) is 2.39. The van der Waals surface area contributed by atoms with Crippen LogP contribution in [0.25, 0.3) is 10.4 Å². The maximum Gasteiger partial charge on any atom is 0.0647 e. The van der Waals surface area contributed by atoms with Gasteiger partial charge in [0.15, 0.2) is 0 Å². The Hall–Kier alpha value is -1.71. The first kappa shape index (κ1) is 12.4. The summed E-state index contributed by atoms with van der Waals surface area (Å²) < 4.78 is 0. The summed E-state index contributed by atoms with van der Waals surface area (Å²) in [5.41, 5.74) is 10.5. The molecule has 0 aliphatic heterocycles. The molecule has 1 unspecified atom stereocenters. The minimum atomic E-state index is -0.286. The Morgan fingerprint density at radius 3 is 2.44 bits per heavy atom. The van der Waals surface area contributed by atoms with E-state index in [1.165, 1.54) is 0 Å². The summed E-state index contributed by atoms with van der Waals surface area (Å²) in [6.45, 7) is 0.0130. The van der Waals surface area contributed by atoms with Crippen LogP contribution in [0, 0.1) is 0 Å². The van der Waals surface area contributed by atoms with E-state index in [1.807, 2.05) is 43.3 Å². The van der Waals surface area contributed by atoms with Crippen LogP contribution in [-0.2, 0) is 0 Å². The molecule has 5 nitrogen and oxygen atoms in total. The minimum absolute atomic E-state index is 0.0130. The maximum atomic E-state index is 8.88. The normalized spacial score (nSPS) is 11.7. The summed E-state index contributed by atoms with van der Waals surface area (Å²) in [5, 5.41) is 12.5. The first-order valence-corrected chi connectivity index (χ1v) is 5.11. The van der Waals surface area contributed by atoms with Gasteiger partial charge in [-0.15, -0.1) is 0 Å². The molecule has 1 rings (SSSR count). The summed E-state index contributed by atoms with van der Waals surface area (Å²) >= 11 is 0. The Bertz CT molecular complexity index is 368. The lowest BCUT2D eigenvalue weighted by Crippen LogP contribution is -2.08. The van der Waals surface area contributed by atoms with Crippen LogP contribution in [0.3, 0.4) is 0 Å². The van der Waals surface area contributed by atoms with E-state index in [1.54, 1.807) is 0 Å². The van der Waals surface area contributed by atoms with E-state index >= 15 is 0 Å². The monoisotopic (exact) mass is 220 g/mol. The Morgan fingerprint density at radius 1 is 1.38 bits per heavy atom. The summed E-state index contributed by atoms with van der Waals surface area (Å²) in [5.74, 6) is 0. The molecule has 0 aliphatic carbocycles. The molecule has 0 spiro atoms. The standard InChI is InChI=1S/C11H16N4O/c1-15(2)10-5-3-9(4-6-10)11(7-8-16)13-14-12/h3-6,11,16H,7-8H2,1-2H3. The molecule has 86 valence electrons. The molecule has 0 bridgehead atoms. The highest BCUT2D eigenvalue weighted by atomic mass is 16.3. The molecule has 1 atom stereocenters. The maximum absolute atomic E-state index is 8.88. The van der Waals surface area contributed by atoms with Gasteiger partial charge in [0.05, 0.1) is 6.04 Å². The Morgan fingerprint density at radius 2 is 2.00 bits per heavy atom. The van der Waals surface area contributed by atoms with Crippen LogP contribution in [-0.4, -0.2) is 25.8 Å². The van der Waals surface area contributed by atoms with E-state index < -0.39 is 0 Å². The average Bonchev–Trinajstić information content (AvgIpc) is 2.29. The fourth-order valence-corrected chi connectivity index (χ4v) is 1.47. The van der Waals surface area contributed by atoms with Gasteiger partial charge < -0.3 is 10.0 Å². The zero-order valence-corrected chi connectivity index (χ0v) is 9.54. The van der Waals surface area contributed by atoms with Gasteiger partial charge in [-0.2, -0.15) is 0 Å². The van der Waals surface area contributed by atoms with Gasteiger partial charge in [0, 0.05) is 31.3 Å². The molecular formula is C11H16N4O. The molecule has 0 saturated heterocycles. The topological polar surface area (TPSA) is 72.2 Å². The number of hydrogen-bond donors (Lipinski definition) is 1. The fraction of sp³-hybridized carbons (Fsp3) is 0.455. The summed E-state index contributed by atoms with van der Waals surface area (Å²) in [4.78, 5) is 4.79. The number of hydrogen-bond acceptors (Lipinski definition) is 3. The number of nitrogens with zero attached hydrogens (tertiary/aromatic N) is 4. The van der Waals surface area contributed by atoms with E-state index in [4.69, 9.17) is 10.6 Å². The average molecular weight is 220 g/mol. The number of anilines is 1. The second-order valence-electron chi connectivity index (χ2n) is 3.72. The third kappa shape index (κ3) is 3.15. The smallest absolute Gasteiger partial charge is 0.0647 e. The number of aliphatic hydroxyl groups excluding tert-OH is 1. The van der Waals surface area contributed by atoms with Crippen LogP contribution >= 0.6 is 0 Å². The number of rotatable bonds is 5. The Kier molecular flexibility index (Phi) is 4.64. The van der Waals surface area contributed by atoms with Gasteiger partial charge in [0.1, 0.15) is 0 Å². The molecule has 1 aromatic carbocycles. The van der Waals surface area contributed by atoms with Crippen molar-refractivity contribution in [2.75, 3.05) is 25.6 Å². The number of azide groups is 1. The highest BCUT2D eigenvalue weighted by Crippen LogP contribution is 2.23. The van der Waals surface area contributed by atoms with Crippen molar-refractivity contribution in [3.8, 4) is 0 Å². The van der Waals surface area contributed by atoms with Crippen molar-refractivity contribution < 1.29 is 5.11 Å². The van der Waals surface area contributed by atoms with E-state index in [0.29, 0.717) is 6.42 Å². The molecule has 0 amide bonds. The van der Waals surface area contributed by atoms with Crippen molar-refractivity contribution in [1.29, 1.82) is 0 Å². The molecular weight excluding hydrogens is 204 g/mol. The van der Waals surface area contributed by atoms with Gasteiger partial charge in [-0.25, -0.2) is 0 Å². The summed E-state index contributed by atoms with van der Waals surface area (Å²) in [6.07, 6.45) is 0.450. The first-order chi connectivity index (χ1) is 7.69. The molecule has 1 N–H and O–H groups in total. The largest absolute Gasteiger partial charge is 0.396 e. The van der Waals surface area contributed by atoms with Crippen LogP contribution < -0.4 is 4.90 Å². The van der Waals surface area contributed by atoms with Gasteiger partial charge in [-0.1, -0.05) is 17.2 Å². The molecule has 0 aromatic heterocycles. The molecule has 0 fully saturated rings. The lowest BCUT2D eigenvalue weighted by atomic mass is 10.0. The quantitative estimate of drug-likeness (QED) is 0.470. The van der Waals surface area contributed by atoms with Gasteiger partial charge in [-0.05, 0) is 29.6 Å². The summed E-state index contributed by atoms with van der Waals surface area (Å²) in [6, 6.07) is 7.49. The number of benzene rings is 1. The zero-order chi connectivity index (χ0) is 12.0. The second kappa shape index (κ2) is 6.00. The Labute approximate surface area is 94.9 Å². The van der Waals surface area contributed by atoms with Crippen LogP contribution in [0.2, 0.25) is 0 Å². The van der Waals surface area contributed by atoms with E-state index in [9.17, 15) is 0 Å². The van der Waals surface area contributed by atoms with Crippen LogP contribution in [0.4, 0.5) is 5.69 Å². The lowest BCUT2D eigenvalue weighted by Gasteiger charge is -2.14. The predicted molar refractivity (Wildman–Crippen MR) is 64.4 cm³/mol. The van der Waals surface area contributed by atoms with Crippen molar-refractivity contribution in [2.24, 2.45) is 5.11 Å². The number of aliphatic hydroxyl groups is 1. The van der Waals surface area contributed by atoms with Crippen molar-refractivity contribution in [3.63, 3.8) is 0 Å². The van der Waals surface area contributed by atoms with Crippen molar-refractivity contribution in [1.82, 2.24) is 0 Å². The third-order valence-corrected chi connectivity index (χ3v) is 2.39.